The highest BCUT2D eigenvalue weighted by molar-refractivity contribution is 5.97. The first-order valence-electron chi connectivity index (χ1n) is 4.26. The SMILES string of the molecule is CC(=O)c1n[nH]nc1-c1ccc([N+](=O)[O-])o1. The number of hydrogen-bond acceptors (Lipinski definition) is 6. The van der Waals surface area contributed by atoms with Crippen LogP contribution in [0.1, 0.15) is 17.4 Å². The maximum Gasteiger partial charge on any atom is 0.433 e. The van der Waals surface area contributed by atoms with Gasteiger partial charge in [-0.2, -0.15) is 15.4 Å². The summed E-state index contributed by atoms with van der Waals surface area (Å²) in [6.07, 6.45) is 0. The molecule has 0 saturated carbocycles. The van der Waals surface area contributed by atoms with Gasteiger partial charge in [-0.25, -0.2) is 0 Å². The zero-order valence-electron chi connectivity index (χ0n) is 8.13. The van der Waals surface area contributed by atoms with Gasteiger partial charge in [0, 0.05) is 6.92 Å². The number of furan rings is 1. The lowest BCUT2D eigenvalue weighted by Gasteiger charge is -1.90. The van der Waals surface area contributed by atoms with Gasteiger partial charge < -0.3 is 4.42 Å². The van der Waals surface area contributed by atoms with Gasteiger partial charge in [-0.15, -0.1) is 0 Å². The summed E-state index contributed by atoms with van der Waals surface area (Å²) in [7, 11) is 0. The van der Waals surface area contributed by atoms with Crippen molar-refractivity contribution in [3.05, 3.63) is 27.9 Å². The Labute approximate surface area is 88.4 Å². The number of nitrogens with one attached hydrogen (secondary N) is 1. The van der Waals surface area contributed by atoms with Gasteiger partial charge in [-0.1, -0.05) is 0 Å². The van der Waals surface area contributed by atoms with Crippen molar-refractivity contribution in [2.75, 3.05) is 0 Å². The van der Waals surface area contributed by atoms with Crippen LogP contribution in [-0.4, -0.2) is 26.1 Å². The predicted molar refractivity (Wildman–Crippen MR) is 50.7 cm³/mol. The van der Waals surface area contributed by atoms with Crippen LogP contribution >= 0.6 is 0 Å². The zero-order valence-corrected chi connectivity index (χ0v) is 8.13. The van der Waals surface area contributed by atoms with E-state index >= 15 is 0 Å². The van der Waals surface area contributed by atoms with E-state index in [1.165, 1.54) is 19.1 Å². The summed E-state index contributed by atoms with van der Waals surface area (Å²) in [5.74, 6) is -0.582. The van der Waals surface area contributed by atoms with Gasteiger partial charge >= 0.3 is 5.88 Å². The minimum absolute atomic E-state index is 0.0873. The highest BCUT2D eigenvalue weighted by atomic mass is 16.6. The van der Waals surface area contributed by atoms with Gasteiger partial charge in [0.1, 0.15) is 4.92 Å². The van der Waals surface area contributed by atoms with E-state index in [-0.39, 0.29) is 22.9 Å². The molecule has 0 bridgehead atoms. The lowest BCUT2D eigenvalue weighted by molar-refractivity contribution is -0.401. The maximum absolute atomic E-state index is 11.1. The number of aromatic amines is 1. The fourth-order valence-corrected chi connectivity index (χ4v) is 1.20. The van der Waals surface area contributed by atoms with E-state index < -0.39 is 10.8 Å². The lowest BCUT2D eigenvalue weighted by Crippen LogP contribution is -1.94. The number of nitrogens with zero attached hydrogens (tertiary/aromatic N) is 3. The van der Waals surface area contributed by atoms with Crippen LogP contribution in [0.25, 0.3) is 11.5 Å². The number of nitro groups is 1. The summed E-state index contributed by atoms with van der Waals surface area (Å²) in [6, 6.07) is 2.55. The first kappa shape index (κ1) is 10.0. The largest absolute Gasteiger partial charge is 0.433 e. The molecule has 8 nitrogen and oxygen atoms in total. The molecule has 2 heterocycles. The molecule has 82 valence electrons. The molecular weight excluding hydrogens is 216 g/mol. The number of H-pyrrole nitrogens is 1. The number of hydrogen-bond donors (Lipinski definition) is 1. The molecule has 2 rings (SSSR count). The Balaban J connectivity index is 2.46. The van der Waals surface area contributed by atoms with Crippen molar-refractivity contribution in [2.24, 2.45) is 0 Å². The summed E-state index contributed by atoms with van der Waals surface area (Å²) in [5, 5.41) is 20.0. The first-order valence-corrected chi connectivity index (χ1v) is 4.26. The van der Waals surface area contributed by atoms with Crippen molar-refractivity contribution in [2.45, 2.75) is 6.92 Å². The molecule has 0 fully saturated rings. The Kier molecular flexibility index (Phi) is 2.24. The Morgan fingerprint density at radius 2 is 2.25 bits per heavy atom. The van der Waals surface area contributed by atoms with Crippen LogP contribution in [0.5, 0.6) is 0 Å². The number of Topliss-reactive ketones (excluding diaryl/α,β-unsaturated/α-hetero) is 1. The van der Waals surface area contributed by atoms with Crippen LogP contribution in [0.4, 0.5) is 5.88 Å². The van der Waals surface area contributed by atoms with E-state index in [1.54, 1.807) is 0 Å². The van der Waals surface area contributed by atoms with Crippen molar-refractivity contribution in [1.82, 2.24) is 15.4 Å². The fourth-order valence-electron chi connectivity index (χ4n) is 1.20. The quantitative estimate of drug-likeness (QED) is 0.473. The second-order valence-corrected chi connectivity index (χ2v) is 2.97. The van der Waals surface area contributed by atoms with Crippen LogP contribution < -0.4 is 0 Å². The molecule has 1 N–H and O–H groups in total. The minimum atomic E-state index is -0.670. The zero-order chi connectivity index (χ0) is 11.7. The molecule has 2 aromatic heterocycles. The van der Waals surface area contributed by atoms with Gasteiger partial charge in [0.05, 0.1) is 6.07 Å². The molecule has 2 aromatic rings. The highest BCUT2D eigenvalue weighted by Crippen LogP contribution is 2.26. The van der Waals surface area contributed by atoms with E-state index in [9.17, 15) is 14.9 Å². The molecule has 0 radical (unpaired) electrons. The van der Waals surface area contributed by atoms with Crippen molar-refractivity contribution in [3.63, 3.8) is 0 Å². The summed E-state index contributed by atoms with van der Waals surface area (Å²) in [4.78, 5) is 20.9. The fraction of sp³-hybridized carbons (Fsp3) is 0.125. The number of carbonyl (C=O) groups is 1. The van der Waals surface area contributed by atoms with Crippen LogP contribution in [-0.2, 0) is 0 Å². The molecule has 0 amide bonds. The maximum atomic E-state index is 11.1. The first-order chi connectivity index (χ1) is 7.59. The molecule has 0 unspecified atom stereocenters. The Morgan fingerprint density at radius 1 is 1.50 bits per heavy atom. The molecule has 0 atom stereocenters. The standard InChI is InChI=1S/C8H6N4O4/c1-4(13)7-8(10-11-9-7)5-2-3-6(16-5)12(14)15/h2-3H,1H3,(H,9,10,11). The van der Waals surface area contributed by atoms with Gasteiger partial charge in [0.15, 0.2) is 22.9 Å². The molecule has 0 spiro atoms. The van der Waals surface area contributed by atoms with Crippen LogP contribution in [0.15, 0.2) is 16.5 Å². The van der Waals surface area contributed by atoms with Crippen molar-refractivity contribution >= 4 is 11.7 Å². The summed E-state index contributed by atoms with van der Waals surface area (Å²) in [5.41, 5.74) is 0.254. The third-order valence-electron chi connectivity index (χ3n) is 1.89. The number of ketones is 1. The smallest absolute Gasteiger partial charge is 0.399 e. The monoisotopic (exact) mass is 222 g/mol. The predicted octanol–water partition coefficient (Wildman–Crippen LogP) is 1.18. The Hall–Kier alpha value is -2.51. The molecule has 16 heavy (non-hydrogen) atoms. The molecule has 0 saturated heterocycles. The average Bonchev–Trinajstić information content (AvgIpc) is 2.86. The lowest BCUT2D eigenvalue weighted by atomic mass is 10.2. The Morgan fingerprint density at radius 3 is 2.81 bits per heavy atom. The van der Waals surface area contributed by atoms with E-state index in [2.05, 4.69) is 15.4 Å². The van der Waals surface area contributed by atoms with Gasteiger partial charge in [0.25, 0.3) is 0 Å². The minimum Gasteiger partial charge on any atom is -0.399 e. The van der Waals surface area contributed by atoms with Crippen molar-refractivity contribution in [3.8, 4) is 11.5 Å². The normalized spacial score (nSPS) is 10.3. The third kappa shape index (κ3) is 1.56. The van der Waals surface area contributed by atoms with E-state index in [1.807, 2.05) is 0 Å². The second-order valence-electron chi connectivity index (χ2n) is 2.97. The summed E-state index contributed by atoms with van der Waals surface area (Å²) < 4.78 is 4.91. The molecule has 0 aliphatic heterocycles. The van der Waals surface area contributed by atoms with Crippen LogP contribution in [0.2, 0.25) is 0 Å². The number of aromatic nitrogens is 3. The molecular formula is C8H6N4O4. The van der Waals surface area contributed by atoms with Gasteiger partial charge in [-0.3, -0.25) is 14.9 Å². The van der Waals surface area contributed by atoms with Gasteiger partial charge in [-0.05, 0) is 6.07 Å². The summed E-state index contributed by atoms with van der Waals surface area (Å²) >= 11 is 0. The van der Waals surface area contributed by atoms with E-state index in [0.717, 1.165) is 0 Å². The molecule has 0 aliphatic rings. The third-order valence-corrected chi connectivity index (χ3v) is 1.89. The van der Waals surface area contributed by atoms with Crippen molar-refractivity contribution in [1.29, 1.82) is 0 Å². The number of rotatable bonds is 3. The second kappa shape index (κ2) is 3.57. The topological polar surface area (TPSA) is 115 Å². The average molecular weight is 222 g/mol. The summed E-state index contributed by atoms with van der Waals surface area (Å²) in [6.45, 7) is 1.32. The Bertz CT molecular complexity index is 556. The molecule has 0 aliphatic carbocycles. The molecule has 8 heteroatoms. The van der Waals surface area contributed by atoms with Gasteiger partial charge in [0.2, 0.25) is 0 Å². The van der Waals surface area contributed by atoms with E-state index in [0.29, 0.717) is 0 Å². The van der Waals surface area contributed by atoms with Crippen LogP contribution in [0.3, 0.4) is 0 Å². The molecule has 0 aromatic carbocycles. The number of carbonyl (C=O) groups excluding carboxylic acids is 1. The van der Waals surface area contributed by atoms with E-state index in [4.69, 9.17) is 4.42 Å². The van der Waals surface area contributed by atoms with Crippen molar-refractivity contribution < 1.29 is 14.1 Å². The van der Waals surface area contributed by atoms with Crippen LogP contribution in [0, 0.1) is 10.1 Å². The highest BCUT2D eigenvalue weighted by Gasteiger charge is 2.20.